The number of nitrogens with one attached hydrogen (secondary N) is 1. The van der Waals surface area contributed by atoms with Crippen molar-refractivity contribution in [3.63, 3.8) is 0 Å². The van der Waals surface area contributed by atoms with Crippen LogP contribution in [0.5, 0.6) is 5.75 Å². The minimum absolute atomic E-state index is 0.0497. The molecule has 0 heterocycles. The molecule has 0 unspecified atom stereocenters. The summed E-state index contributed by atoms with van der Waals surface area (Å²) in [7, 11) is 0. The van der Waals surface area contributed by atoms with Crippen molar-refractivity contribution >= 4 is 11.9 Å². The molecule has 0 aromatic heterocycles. The first-order valence-corrected chi connectivity index (χ1v) is 7.70. The number of aliphatic carboxylic acids is 1. The molecule has 0 saturated heterocycles. The van der Waals surface area contributed by atoms with Crippen LogP contribution < -0.4 is 10.1 Å². The number of nitriles is 2. The van der Waals surface area contributed by atoms with Gasteiger partial charge in [0.15, 0.2) is 0 Å². The standard InChI is InChI=1S/C19H15N3O4/c20-11-13-4-6-15(7-5-13)18(23)22-17(19(24)25)8-9-26-16-3-1-2-14(10-16)12-21/h1-7,10,17H,8-9H2,(H,22,23)(H,24,25)/t17-/m1/s1. The van der Waals surface area contributed by atoms with E-state index in [9.17, 15) is 14.7 Å². The van der Waals surface area contributed by atoms with Crippen molar-refractivity contribution in [2.24, 2.45) is 0 Å². The second-order valence-corrected chi connectivity index (χ2v) is 5.33. The highest BCUT2D eigenvalue weighted by molar-refractivity contribution is 5.96. The number of nitrogens with zero attached hydrogens (tertiary/aromatic N) is 2. The smallest absolute Gasteiger partial charge is 0.326 e. The average Bonchev–Trinajstić information content (AvgIpc) is 2.67. The fourth-order valence-corrected chi connectivity index (χ4v) is 2.15. The number of hydrogen-bond acceptors (Lipinski definition) is 5. The molecule has 0 spiro atoms. The molecule has 0 bridgehead atoms. The molecule has 0 aliphatic rings. The lowest BCUT2D eigenvalue weighted by Gasteiger charge is -2.15. The summed E-state index contributed by atoms with van der Waals surface area (Å²) in [6.07, 6.45) is 0.0497. The molecule has 2 aromatic rings. The molecule has 2 rings (SSSR count). The van der Waals surface area contributed by atoms with E-state index in [1.165, 1.54) is 24.3 Å². The van der Waals surface area contributed by atoms with Crippen LogP contribution in [0.1, 0.15) is 27.9 Å². The first kappa shape index (κ1) is 18.5. The summed E-state index contributed by atoms with van der Waals surface area (Å²) >= 11 is 0. The minimum atomic E-state index is -1.18. The van der Waals surface area contributed by atoms with E-state index in [4.69, 9.17) is 15.3 Å². The maximum atomic E-state index is 12.1. The molecular formula is C19H15N3O4. The summed E-state index contributed by atoms with van der Waals surface area (Å²) < 4.78 is 5.44. The number of ether oxygens (including phenoxy) is 1. The zero-order chi connectivity index (χ0) is 18.9. The van der Waals surface area contributed by atoms with E-state index in [0.29, 0.717) is 16.9 Å². The van der Waals surface area contributed by atoms with Crippen molar-refractivity contribution in [1.29, 1.82) is 10.5 Å². The van der Waals surface area contributed by atoms with Crippen molar-refractivity contribution in [3.05, 3.63) is 65.2 Å². The van der Waals surface area contributed by atoms with E-state index < -0.39 is 17.9 Å². The quantitative estimate of drug-likeness (QED) is 0.789. The van der Waals surface area contributed by atoms with Gasteiger partial charge in [0.1, 0.15) is 11.8 Å². The maximum absolute atomic E-state index is 12.1. The van der Waals surface area contributed by atoms with E-state index in [1.54, 1.807) is 24.3 Å². The number of benzene rings is 2. The molecule has 0 aliphatic carbocycles. The van der Waals surface area contributed by atoms with Crippen LogP contribution >= 0.6 is 0 Å². The molecule has 130 valence electrons. The van der Waals surface area contributed by atoms with Crippen molar-refractivity contribution < 1.29 is 19.4 Å². The Morgan fingerprint density at radius 3 is 2.38 bits per heavy atom. The van der Waals surface area contributed by atoms with Crippen molar-refractivity contribution in [2.45, 2.75) is 12.5 Å². The van der Waals surface area contributed by atoms with Gasteiger partial charge in [0.2, 0.25) is 0 Å². The summed E-state index contributed by atoms with van der Waals surface area (Å²) in [6.45, 7) is 0.0551. The van der Waals surface area contributed by atoms with Gasteiger partial charge in [-0.2, -0.15) is 10.5 Å². The second kappa shape index (κ2) is 8.86. The molecule has 7 nitrogen and oxygen atoms in total. The van der Waals surface area contributed by atoms with Gasteiger partial charge in [-0.3, -0.25) is 4.79 Å². The third-order valence-electron chi connectivity index (χ3n) is 3.52. The molecule has 0 radical (unpaired) electrons. The molecule has 2 N–H and O–H groups in total. The van der Waals surface area contributed by atoms with Crippen LogP contribution in [-0.4, -0.2) is 29.6 Å². The predicted molar refractivity (Wildman–Crippen MR) is 91.3 cm³/mol. The molecule has 0 fully saturated rings. The van der Waals surface area contributed by atoms with Crippen molar-refractivity contribution in [1.82, 2.24) is 5.32 Å². The Labute approximate surface area is 150 Å². The van der Waals surface area contributed by atoms with Gasteiger partial charge in [-0.25, -0.2) is 4.79 Å². The van der Waals surface area contributed by atoms with E-state index in [-0.39, 0.29) is 18.6 Å². The molecule has 0 aliphatic heterocycles. The second-order valence-electron chi connectivity index (χ2n) is 5.33. The first-order valence-electron chi connectivity index (χ1n) is 7.70. The van der Waals surface area contributed by atoms with Gasteiger partial charge in [0, 0.05) is 12.0 Å². The molecule has 1 amide bonds. The van der Waals surface area contributed by atoms with Crippen LogP contribution in [0.4, 0.5) is 0 Å². The van der Waals surface area contributed by atoms with E-state index in [1.807, 2.05) is 12.1 Å². The summed E-state index contributed by atoms with van der Waals surface area (Å²) in [4.78, 5) is 23.5. The molecule has 26 heavy (non-hydrogen) atoms. The van der Waals surface area contributed by atoms with E-state index in [0.717, 1.165) is 0 Å². The lowest BCUT2D eigenvalue weighted by atomic mass is 10.1. The Morgan fingerprint density at radius 2 is 1.77 bits per heavy atom. The minimum Gasteiger partial charge on any atom is -0.493 e. The normalized spacial score (nSPS) is 10.8. The highest BCUT2D eigenvalue weighted by atomic mass is 16.5. The number of carbonyl (C=O) groups excluding carboxylic acids is 1. The van der Waals surface area contributed by atoms with Crippen LogP contribution in [0.3, 0.4) is 0 Å². The van der Waals surface area contributed by atoms with Gasteiger partial charge in [-0.1, -0.05) is 6.07 Å². The third kappa shape index (κ3) is 5.08. The van der Waals surface area contributed by atoms with Crippen molar-refractivity contribution in [2.75, 3.05) is 6.61 Å². The average molecular weight is 349 g/mol. The van der Waals surface area contributed by atoms with Crippen LogP contribution in [0.15, 0.2) is 48.5 Å². The van der Waals surface area contributed by atoms with Crippen LogP contribution in [0.25, 0.3) is 0 Å². The zero-order valence-corrected chi connectivity index (χ0v) is 13.7. The van der Waals surface area contributed by atoms with Crippen molar-refractivity contribution in [3.8, 4) is 17.9 Å². The lowest BCUT2D eigenvalue weighted by Crippen LogP contribution is -2.41. The van der Waals surface area contributed by atoms with Crippen LogP contribution in [0, 0.1) is 22.7 Å². The Morgan fingerprint density at radius 1 is 1.08 bits per heavy atom. The fraction of sp³-hybridized carbons (Fsp3) is 0.158. The van der Waals surface area contributed by atoms with Crippen LogP contribution in [-0.2, 0) is 4.79 Å². The molecule has 0 saturated carbocycles. The van der Waals surface area contributed by atoms with Gasteiger partial charge in [0.25, 0.3) is 5.91 Å². The summed E-state index contributed by atoms with van der Waals surface area (Å²) in [5.41, 5.74) is 1.11. The Balaban J connectivity index is 1.93. The predicted octanol–water partition coefficient (Wildman–Crippen LogP) is 2.08. The lowest BCUT2D eigenvalue weighted by molar-refractivity contribution is -0.139. The van der Waals surface area contributed by atoms with Gasteiger partial charge in [-0.15, -0.1) is 0 Å². The van der Waals surface area contributed by atoms with Gasteiger partial charge in [0.05, 0.1) is 29.9 Å². The summed E-state index contributed by atoms with van der Waals surface area (Å²) in [5, 5.41) is 29.3. The maximum Gasteiger partial charge on any atom is 0.326 e. The number of rotatable bonds is 7. The fourth-order valence-electron chi connectivity index (χ4n) is 2.15. The Kier molecular flexibility index (Phi) is 6.30. The number of hydrogen-bond donors (Lipinski definition) is 2. The third-order valence-corrected chi connectivity index (χ3v) is 3.52. The van der Waals surface area contributed by atoms with Gasteiger partial charge >= 0.3 is 5.97 Å². The molecule has 2 aromatic carbocycles. The zero-order valence-electron chi connectivity index (χ0n) is 13.7. The molecule has 1 atom stereocenters. The van der Waals surface area contributed by atoms with Gasteiger partial charge in [-0.05, 0) is 42.5 Å². The Hall–Kier alpha value is -3.84. The number of amides is 1. The Bertz CT molecular complexity index is 879. The molecular weight excluding hydrogens is 334 g/mol. The van der Waals surface area contributed by atoms with Gasteiger partial charge < -0.3 is 15.2 Å². The summed E-state index contributed by atoms with van der Waals surface area (Å²) in [5.74, 6) is -1.28. The number of carboxylic acids is 1. The number of carbonyl (C=O) groups is 2. The van der Waals surface area contributed by atoms with E-state index >= 15 is 0 Å². The topological polar surface area (TPSA) is 123 Å². The highest BCUT2D eigenvalue weighted by Gasteiger charge is 2.20. The monoisotopic (exact) mass is 349 g/mol. The SMILES string of the molecule is N#Cc1ccc(C(=O)N[C@H](CCOc2cccc(C#N)c2)C(=O)O)cc1. The summed E-state index contributed by atoms with van der Waals surface area (Å²) in [6, 6.07) is 15.2. The highest BCUT2D eigenvalue weighted by Crippen LogP contribution is 2.13. The van der Waals surface area contributed by atoms with Crippen LogP contribution in [0.2, 0.25) is 0 Å². The first-order chi connectivity index (χ1) is 12.5. The number of carboxylic acid groups (broad SMARTS) is 1. The molecule has 7 heteroatoms. The van der Waals surface area contributed by atoms with E-state index in [2.05, 4.69) is 5.32 Å². The largest absolute Gasteiger partial charge is 0.493 e.